The molecule has 0 atom stereocenters. The number of hydrogen-bond acceptors (Lipinski definition) is 2. The van der Waals surface area contributed by atoms with Crippen molar-refractivity contribution in [1.82, 2.24) is 4.98 Å². The van der Waals surface area contributed by atoms with Crippen LogP contribution in [0.1, 0.15) is 27.8 Å². The maximum absolute atomic E-state index is 11.5. The van der Waals surface area contributed by atoms with E-state index in [2.05, 4.69) is 4.98 Å². The van der Waals surface area contributed by atoms with Crippen LogP contribution in [-0.4, -0.2) is 21.8 Å². The van der Waals surface area contributed by atoms with Crippen molar-refractivity contribution >= 4 is 22.7 Å². The molecule has 0 fully saturated rings. The average Bonchev–Trinajstić information content (AvgIpc) is 2.91. The van der Waals surface area contributed by atoms with Gasteiger partial charge in [-0.1, -0.05) is 24.3 Å². The van der Waals surface area contributed by atoms with Crippen LogP contribution in [0.25, 0.3) is 22.0 Å². The van der Waals surface area contributed by atoms with Gasteiger partial charge in [0.1, 0.15) is 0 Å². The van der Waals surface area contributed by atoms with Crippen LogP contribution in [0.2, 0.25) is 0 Å². The summed E-state index contributed by atoms with van der Waals surface area (Å²) in [6, 6.07) is 14.3. The molecule has 0 bridgehead atoms. The van der Waals surface area contributed by atoms with Crippen molar-refractivity contribution in [1.29, 1.82) is 0 Å². The fraction of sp³-hybridized carbons (Fsp3) is 0.0588. The van der Waals surface area contributed by atoms with Gasteiger partial charge in [0.15, 0.2) is 5.78 Å². The van der Waals surface area contributed by atoms with E-state index in [1.807, 2.05) is 24.3 Å². The molecular weight excluding hydrogens is 266 g/mol. The van der Waals surface area contributed by atoms with Crippen LogP contribution in [0.15, 0.2) is 48.5 Å². The smallest absolute Gasteiger partial charge is 0.335 e. The molecule has 0 saturated carbocycles. The minimum absolute atomic E-state index is 0.0311. The first-order valence-electron chi connectivity index (χ1n) is 6.52. The summed E-state index contributed by atoms with van der Waals surface area (Å²) in [5, 5.41) is 10.0. The van der Waals surface area contributed by atoms with Crippen LogP contribution in [0.4, 0.5) is 0 Å². The van der Waals surface area contributed by atoms with Gasteiger partial charge in [-0.2, -0.15) is 0 Å². The van der Waals surface area contributed by atoms with Gasteiger partial charge in [0.25, 0.3) is 0 Å². The molecule has 0 aliphatic heterocycles. The van der Waals surface area contributed by atoms with Gasteiger partial charge < -0.3 is 10.1 Å². The van der Waals surface area contributed by atoms with Crippen molar-refractivity contribution in [2.75, 3.05) is 0 Å². The normalized spacial score (nSPS) is 10.7. The minimum Gasteiger partial charge on any atom is -0.478 e. The standard InChI is InChI=1S/C17H13NO3/c1-10(19)16-9-14-13(6-3-7-15(14)18-16)11-4-2-5-12(8-11)17(20)21/h2-9,18H,1H3,(H,20,21). The fourth-order valence-corrected chi connectivity index (χ4v) is 2.42. The highest BCUT2D eigenvalue weighted by Gasteiger charge is 2.11. The second kappa shape index (κ2) is 4.90. The van der Waals surface area contributed by atoms with Crippen molar-refractivity contribution in [2.45, 2.75) is 6.92 Å². The molecule has 3 rings (SSSR count). The Morgan fingerprint density at radius 1 is 1.05 bits per heavy atom. The van der Waals surface area contributed by atoms with Gasteiger partial charge in [-0.3, -0.25) is 4.79 Å². The SMILES string of the molecule is CC(=O)c1cc2c(-c3cccc(C(=O)O)c3)cccc2[nH]1. The second-order valence-electron chi connectivity index (χ2n) is 4.89. The van der Waals surface area contributed by atoms with Crippen LogP contribution in [0, 0.1) is 0 Å². The highest BCUT2D eigenvalue weighted by atomic mass is 16.4. The van der Waals surface area contributed by atoms with Gasteiger partial charge in [-0.25, -0.2) is 4.79 Å². The number of aromatic nitrogens is 1. The van der Waals surface area contributed by atoms with Gasteiger partial charge in [-0.15, -0.1) is 0 Å². The monoisotopic (exact) mass is 279 g/mol. The summed E-state index contributed by atoms with van der Waals surface area (Å²) in [4.78, 5) is 25.7. The van der Waals surface area contributed by atoms with E-state index in [0.29, 0.717) is 5.69 Å². The zero-order valence-electron chi connectivity index (χ0n) is 11.4. The number of carbonyl (C=O) groups excluding carboxylic acids is 1. The number of carbonyl (C=O) groups is 2. The molecule has 2 aromatic carbocycles. The molecule has 1 aromatic heterocycles. The third-order valence-corrected chi connectivity index (χ3v) is 3.46. The molecule has 0 aliphatic carbocycles. The number of aromatic carboxylic acids is 1. The lowest BCUT2D eigenvalue weighted by molar-refractivity contribution is 0.0696. The summed E-state index contributed by atoms with van der Waals surface area (Å²) in [6.45, 7) is 1.51. The van der Waals surface area contributed by atoms with E-state index in [1.165, 1.54) is 6.92 Å². The summed E-state index contributed by atoms with van der Waals surface area (Å²) >= 11 is 0. The molecular formula is C17H13NO3. The fourth-order valence-electron chi connectivity index (χ4n) is 2.42. The predicted octanol–water partition coefficient (Wildman–Crippen LogP) is 3.74. The van der Waals surface area contributed by atoms with E-state index in [4.69, 9.17) is 5.11 Å². The number of nitrogens with one attached hydrogen (secondary N) is 1. The number of hydrogen-bond donors (Lipinski definition) is 2. The van der Waals surface area contributed by atoms with Crippen LogP contribution < -0.4 is 0 Å². The number of H-pyrrole nitrogens is 1. The third-order valence-electron chi connectivity index (χ3n) is 3.46. The van der Waals surface area contributed by atoms with Gasteiger partial charge in [0.2, 0.25) is 0 Å². The maximum atomic E-state index is 11.5. The highest BCUT2D eigenvalue weighted by Crippen LogP contribution is 2.30. The number of ketones is 1. The molecule has 0 aliphatic rings. The zero-order chi connectivity index (χ0) is 15.0. The Labute approximate surface area is 121 Å². The third kappa shape index (κ3) is 2.31. The molecule has 21 heavy (non-hydrogen) atoms. The van der Waals surface area contributed by atoms with Crippen molar-refractivity contribution in [3.8, 4) is 11.1 Å². The molecule has 0 amide bonds. The number of fused-ring (bicyclic) bond motifs is 1. The predicted molar refractivity (Wildman–Crippen MR) is 80.7 cm³/mol. The van der Waals surface area contributed by atoms with E-state index >= 15 is 0 Å². The van der Waals surface area contributed by atoms with Gasteiger partial charge in [0, 0.05) is 17.8 Å². The summed E-state index contributed by atoms with van der Waals surface area (Å²) in [5.74, 6) is -0.987. The Bertz CT molecular complexity index is 861. The Kier molecular flexibility index (Phi) is 3.06. The molecule has 104 valence electrons. The molecule has 0 unspecified atom stereocenters. The van der Waals surface area contributed by atoms with Gasteiger partial charge in [0.05, 0.1) is 11.3 Å². The zero-order valence-corrected chi connectivity index (χ0v) is 11.4. The molecule has 1 heterocycles. The summed E-state index contributed by atoms with van der Waals surface area (Å²) in [6.07, 6.45) is 0. The molecule has 0 saturated heterocycles. The number of Topliss-reactive ketones (excluding diaryl/α,β-unsaturated/α-hetero) is 1. The number of rotatable bonds is 3. The lowest BCUT2D eigenvalue weighted by atomic mass is 9.99. The molecule has 2 N–H and O–H groups in total. The van der Waals surface area contributed by atoms with Crippen molar-refractivity contribution in [3.63, 3.8) is 0 Å². The van der Waals surface area contributed by atoms with Crippen LogP contribution >= 0.6 is 0 Å². The first kappa shape index (κ1) is 13.1. The lowest BCUT2D eigenvalue weighted by Crippen LogP contribution is -1.95. The first-order chi connectivity index (χ1) is 10.1. The minimum atomic E-state index is -0.956. The Morgan fingerprint density at radius 2 is 1.81 bits per heavy atom. The molecule has 4 heteroatoms. The average molecular weight is 279 g/mol. The maximum Gasteiger partial charge on any atom is 0.335 e. The first-order valence-corrected chi connectivity index (χ1v) is 6.52. The Morgan fingerprint density at radius 3 is 2.52 bits per heavy atom. The quantitative estimate of drug-likeness (QED) is 0.717. The van der Waals surface area contributed by atoms with Gasteiger partial charge in [-0.05, 0) is 35.4 Å². The lowest BCUT2D eigenvalue weighted by Gasteiger charge is -2.04. The van der Waals surface area contributed by atoms with Crippen LogP contribution in [0.5, 0.6) is 0 Å². The van der Waals surface area contributed by atoms with Gasteiger partial charge >= 0.3 is 5.97 Å². The molecule has 3 aromatic rings. The Balaban J connectivity index is 2.22. The summed E-state index contributed by atoms with van der Waals surface area (Å²) in [7, 11) is 0. The highest BCUT2D eigenvalue weighted by molar-refractivity contribution is 6.03. The van der Waals surface area contributed by atoms with E-state index in [0.717, 1.165) is 22.0 Å². The van der Waals surface area contributed by atoms with Crippen LogP contribution in [0.3, 0.4) is 0 Å². The van der Waals surface area contributed by atoms with E-state index < -0.39 is 5.97 Å². The largest absolute Gasteiger partial charge is 0.478 e. The van der Waals surface area contributed by atoms with Crippen molar-refractivity contribution in [3.05, 3.63) is 59.8 Å². The Hall–Kier alpha value is -2.88. The van der Waals surface area contributed by atoms with E-state index in [9.17, 15) is 9.59 Å². The number of carboxylic acid groups (broad SMARTS) is 1. The number of carboxylic acids is 1. The molecule has 4 nitrogen and oxygen atoms in total. The topological polar surface area (TPSA) is 70.2 Å². The van der Waals surface area contributed by atoms with Crippen molar-refractivity contribution < 1.29 is 14.7 Å². The van der Waals surface area contributed by atoms with Crippen LogP contribution in [-0.2, 0) is 0 Å². The van der Waals surface area contributed by atoms with Crippen molar-refractivity contribution in [2.24, 2.45) is 0 Å². The summed E-state index contributed by atoms with van der Waals surface area (Å²) < 4.78 is 0. The molecule has 0 spiro atoms. The second-order valence-corrected chi connectivity index (χ2v) is 4.89. The number of aromatic amines is 1. The number of benzene rings is 2. The summed E-state index contributed by atoms with van der Waals surface area (Å²) in [5.41, 5.74) is 3.37. The van der Waals surface area contributed by atoms with E-state index in [1.54, 1.807) is 24.3 Å². The van der Waals surface area contributed by atoms with E-state index in [-0.39, 0.29) is 11.3 Å². The molecule has 0 radical (unpaired) electrons.